The van der Waals surface area contributed by atoms with Crippen LogP contribution in [-0.2, 0) is 52.0 Å². The number of carbonyl (C=O) groups is 4. The number of ether oxygens (including phenoxy) is 5. The highest BCUT2D eigenvalue weighted by atomic mass is 31.2. The number of fused-ring (bicyclic) bond motifs is 1. The summed E-state index contributed by atoms with van der Waals surface area (Å²) in [7, 11) is -3.39. The molecule has 45 heavy (non-hydrogen) atoms. The fourth-order valence-electron chi connectivity index (χ4n) is 4.07. The van der Waals surface area contributed by atoms with E-state index in [-0.39, 0.29) is 24.7 Å². The largest absolute Gasteiger partial charge is 0.465 e. The zero-order chi connectivity index (χ0) is 33.9. The highest BCUT2D eigenvalue weighted by Gasteiger charge is 2.52. The van der Waals surface area contributed by atoms with E-state index in [0.717, 1.165) is 27.3 Å². The van der Waals surface area contributed by atoms with Crippen molar-refractivity contribution in [1.82, 2.24) is 24.8 Å². The Labute approximate surface area is 259 Å². The molecular weight excluding hydrogens is 617 g/mol. The highest BCUT2D eigenvalue weighted by molar-refractivity contribution is 7.54. The Morgan fingerprint density at radius 2 is 1.60 bits per heavy atom. The topological polar surface area (TPSA) is 245 Å². The number of esters is 4. The fourth-order valence-corrected chi connectivity index (χ4v) is 5.90. The number of nitrogen functional groups attached to an aromatic ring is 1. The van der Waals surface area contributed by atoms with Crippen LogP contribution in [0.3, 0.4) is 0 Å². The van der Waals surface area contributed by atoms with Gasteiger partial charge in [-0.25, -0.2) is 19.7 Å². The second-order valence-electron chi connectivity index (χ2n) is 9.50. The molecule has 0 aliphatic heterocycles. The zero-order valence-electron chi connectivity index (χ0n) is 26.0. The minimum absolute atomic E-state index is 0.0243. The number of anilines is 1. The zero-order valence-corrected chi connectivity index (χ0v) is 26.9. The van der Waals surface area contributed by atoms with Crippen molar-refractivity contribution < 1.29 is 52.0 Å². The molecule has 0 amide bonds. The number of aromatic nitrogens is 3. The lowest BCUT2D eigenvalue weighted by Gasteiger charge is -2.37. The molecule has 0 saturated carbocycles. The number of nitrogens with zero attached hydrogens (tertiary/aromatic N) is 4. The standard InChI is InChI=1S/C26H38N7O11P/c1-8-40-24(36)15(3)31-45(38,32-16(4)25(37)41-9-2)42-13-26(12-27,39-7)22(44-18(6)35)21(43-17(5)34)19-10-11-20-23(28)29-14-30-33(19)20/h10-11,14-16,21-22H,8-9,13H2,1-7H3,(H2,28,29,30)(H2,31,32,38)/t15-,16-,21-,22-,26+/m0/s1. The van der Waals surface area contributed by atoms with Gasteiger partial charge >= 0.3 is 31.5 Å². The molecule has 2 aromatic heterocycles. The second kappa shape index (κ2) is 16.3. The summed E-state index contributed by atoms with van der Waals surface area (Å²) in [4.78, 5) is 53.3. The molecule has 2 rings (SSSR count). The minimum atomic E-state index is -4.47. The van der Waals surface area contributed by atoms with E-state index < -0.39 is 68.0 Å². The Morgan fingerprint density at radius 3 is 2.07 bits per heavy atom. The van der Waals surface area contributed by atoms with Crippen molar-refractivity contribution in [1.29, 1.82) is 5.26 Å². The van der Waals surface area contributed by atoms with Crippen LogP contribution in [0, 0.1) is 11.3 Å². The van der Waals surface area contributed by atoms with E-state index in [9.17, 15) is 29.0 Å². The molecule has 5 atom stereocenters. The quantitative estimate of drug-likeness (QED) is 0.122. The molecule has 0 saturated heterocycles. The molecule has 19 heteroatoms. The van der Waals surface area contributed by atoms with Crippen LogP contribution < -0.4 is 15.9 Å². The Hall–Kier alpha value is -4.14. The summed E-state index contributed by atoms with van der Waals surface area (Å²) in [6, 6.07) is 2.38. The van der Waals surface area contributed by atoms with Gasteiger partial charge in [-0.05, 0) is 39.8 Å². The number of carbonyl (C=O) groups excluding carboxylic acids is 4. The Kier molecular flexibility index (Phi) is 13.4. The van der Waals surface area contributed by atoms with Crippen LogP contribution in [0.25, 0.3) is 5.52 Å². The predicted octanol–water partition coefficient (Wildman–Crippen LogP) is 0.963. The van der Waals surface area contributed by atoms with Crippen molar-refractivity contribution >= 4 is 42.9 Å². The van der Waals surface area contributed by atoms with Crippen LogP contribution in [-0.4, -0.2) is 89.2 Å². The SMILES string of the molecule is CCOC(=O)[C@H](C)NP(=O)(N[C@@H](C)C(=O)OCC)OC[C@@](C#N)(OC)[C@@H](OC(C)=O)[C@@H](OC(C)=O)c1ccc2c(N)ncnn12. The fraction of sp³-hybridized carbons (Fsp3) is 0.577. The molecule has 4 N–H and O–H groups in total. The van der Waals surface area contributed by atoms with Gasteiger partial charge < -0.3 is 33.9 Å². The average Bonchev–Trinajstić information content (AvgIpc) is 3.41. The summed E-state index contributed by atoms with van der Waals surface area (Å²) in [6.45, 7) is 7.07. The maximum absolute atomic E-state index is 14.1. The highest BCUT2D eigenvalue weighted by Crippen LogP contribution is 2.43. The summed E-state index contributed by atoms with van der Waals surface area (Å²) in [5, 5.41) is 19.5. The summed E-state index contributed by atoms with van der Waals surface area (Å²) in [5.74, 6) is -3.25. The molecule has 0 aliphatic carbocycles. The van der Waals surface area contributed by atoms with E-state index in [2.05, 4.69) is 20.3 Å². The lowest BCUT2D eigenvalue weighted by atomic mass is 9.92. The van der Waals surface area contributed by atoms with Crippen molar-refractivity contribution in [2.75, 3.05) is 32.7 Å². The summed E-state index contributed by atoms with van der Waals surface area (Å²) in [6.07, 6.45) is -2.21. The van der Waals surface area contributed by atoms with E-state index in [4.69, 9.17) is 33.9 Å². The van der Waals surface area contributed by atoms with Crippen LogP contribution in [0.15, 0.2) is 18.5 Å². The Morgan fingerprint density at radius 1 is 1.04 bits per heavy atom. The normalized spacial score (nSPS) is 15.5. The van der Waals surface area contributed by atoms with Gasteiger partial charge in [0.05, 0.1) is 18.9 Å². The van der Waals surface area contributed by atoms with Gasteiger partial charge in [-0.3, -0.25) is 23.7 Å². The van der Waals surface area contributed by atoms with Gasteiger partial charge in [0.1, 0.15) is 36.6 Å². The maximum atomic E-state index is 14.1. The van der Waals surface area contributed by atoms with Gasteiger partial charge in [0.2, 0.25) is 5.60 Å². The van der Waals surface area contributed by atoms with Gasteiger partial charge in [0, 0.05) is 21.0 Å². The van der Waals surface area contributed by atoms with E-state index in [0.29, 0.717) is 5.52 Å². The van der Waals surface area contributed by atoms with Crippen molar-refractivity contribution in [2.24, 2.45) is 0 Å². The van der Waals surface area contributed by atoms with E-state index in [1.54, 1.807) is 13.8 Å². The number of hydrogen-bond donors (Lipinski definition) is 3. The molecule has 248 valence electrons. The number of nitriles is 1. The van der Waals surface area contributed by atoms with Crippen LogP contribution in [0.1, 0.15) is 53.3 Å². The molecule has 0 fully saturated rings. The van der Waals surface area contributed by atoms with Gasteiger partial charge in [-0.2, -0.15) is 10.4 Å². The third-order valence-electron chi connectivity index (χ3n) is 6.14. The Bertz CT molecular complexity index is 1430. The number of nitrogens with two attached hydrogens (primary N) is 1. The number of methoxy groups -OCH3 is 1. The maximum Gasteiger partial charge on any atom is 0.342 e. The van der Waals surface area contributed by atoms with Crippen LogP contribution in [0.4, 0.5) is 5.82 Å². The first-order valence-corrected chi connectivity index (χ1v) is 15.3. The van der Waals surface area contributed by atoms with Crippen molar-refractivity contribution in [3.8, 4) is 6.07 Å². The third-order valence-corrected chi connectivity index (χ3v) is 8.09. The van der Waals surface area contributed by atoms with E-state index >= 15 is 0 Å². The van der Waals surface area contributed by atoms with Gasteiger partial charge in [-0.1, -0.05) is 0 Å². The smallest absolute Gasteiger partial charge is 0.342 e. The molecule has 0 radical (unpaired) electrons. The molecule has 0 aromatic carbocycles. The predicted molar refractivity (Wildman–Crippen MR) is 155 cm³/mol. The van der Waals surface area contributed by atoms with Crippen LogP contribution >= 0.6 is 7.67 Å². The van der Waals surface area contributed by atoms with Crippen LogP contribution in [0.2, 0.25) is 0 Å². The van der Waals surface area contributed by atoms with Crippen molar-refractivity contribution in [3.05, 3.63) is 24.2 Å². The average molecular weight is 656 g/mol. The summed E-state index contributed by atoms with van der Waals surface area (Å²) < 4.78 is 47.6. The summed E-state index contributed by atoms with van der Waals surface area (Å²) in [5.41, 5.74) is 4.02. The lowest BCUT2D eigenvalue weighted by Crippen LogP contribution is -2.53. The molecule has 0 aliphatic rings. The minimum Gasteiger partial charge on any atom is -0.465 e. The van der Waals surface area contributed by atoms with Crippen molar-refractivity contribution in [3.63, 3.8) is 0 Å². The molecule has 18 nitrogen and oxygen atoms in total. The van der Waals surface area contributed by atoms with Crippen molar-refractivity contribution in [2.45, 2.75) is 71.4 Å². The van der Waals surface area contributed by atoms with Gasteiger partial charge in [-0.15, -0.1) is 0 Å². The number of nitrogens with one attached hydrogen (secondary N) is 2. The van der Waals surface area contributed by atoms with Crippen LogP contribution in [0.5, 0.6) is 0 Å². The molecule has 0 spiro atoms. The molecular formula is C26H38N7O11P. The first-order chi connectivity index (χ1) is 21.2. The molecule has 2 heterocycles. The van der Waals surface area contributed by atoms with E-state index in [1.807, 2.05) is 6.07 Å². The van der Waals surface area contributed by atoms with Gasteiger partial charge in [0.15, 0.2) is 18.0 Å². The molecule has 2 aromatic rings. The monoisotopic (exact) mass is 655 g/mol. The number of rotatable bonds is 17. The second-order valence-corrected chi connectivity index (χ2v) is 11.4. The van der Waals surface area contributed by atoms with E-state index in [1.165, 1.54) is 30.5 Å². The summed E-state index contributed by atoms with van der Waals surface area (Å²) >= 11 is 0. The molecule has 0 unspecified atom stereocenters. The first-order valence-electron chi connectivity index (χ1n) is 13.7. The Balaban J connectivity index is 2.63. The first kappa shape index (κ1) is 37.0. The molecule has 0 bridgehead atoms. The van der Waals surface area contributed by atoms with Gasteiger partial charge in [0.25, 0.3) is 0 Å². The number of hydrogen-bond acceptors (Lipinski definition) is 15. The lowest BCUT2D eigenvalue weighted by molar-refractivity contribution is -0.191. The third kappa shape index (κ3) is 9.42.